The number of nitrogens with one attached hydrogen (secondary N) is 1. The number of benzene rings is 2. The van der Waals surface area contributed by atoms with Crippen molar-refractivity contribution in [2.75, 3.05) is 26.8 Å². The Morgan fingerprint density at radius 1 is 1.00 bits per heavy atom. The average Bonchev–Trinajstić information content (AvgIpc) is 2.73. The van der Waals surface area contributed by atoms with E-state index in [1.807, 2.05) is 36.1 Å². The predicted octanol–water partition coefficient (Wildman–Crippen LogP) is 2.80. The molecule has 1 fully saturated rings. The number of carbonyl (C=O) groups excluding carboxylic acids is 2. The van der Waals surface area contributed by atoms with Crippen molar-refractivity contribution in [3.8, 4) is 11.5 Å². The van der Waals surface area contributed by atoms with Crippen LogP contribution in [0.3, 0.4) is 0 Å². The van der Waals surface area contributed by atoms with Crippen LogP contribution in [0.2, 0.25) is 0 Å². The quantitative estimate of drug-likeness (QED) is 0.834. The van der Waals surface area contributed by atoms with E-state index in [2.05, 4.69) is 5.32 Å². The molecule has 0 spiro atoms. The van der Waals surface area contributed by atoms with Crippen LogP contribution in [0, 0.1) is 6.92 Å². The van der Waals surface area contributed by atoms with Gasteiger partial charge in [0.15, 0.2) is 6.61 Å². The largest absolute Gasteiger partial charge is 0.497 e. The van der Waals surface area contributed by atoms with Crippen LogP contribution >= 0.6 is 0 Å². The fraction of sp³-hybridized carbons (Fsp3) is 0.364. The first-order valence-corrected chi connectivity index (χ1v) is 9.47. The van der Waals surface area contributed by atoms with Crippen molar-refractivity contribution in [2.24, 2.45) is 0 Å². The maximum absolute atomic E-state index is 12.6. The van der Waals surface area contributed by atoms with E-state index >= 15 is 0 Å². The number of amides is 2. The predicted molar refractivity (Wildman–Crippen MR) is 107 cm³/mol. The first kappa shape index (κ1) is 19.7. The Morgan fingerprint density at radius 3 is 2.21 bits per heavy atom. The minimum absolute atomic E-state index is 0.0329. The molecular weight excluding hydrogens is 356 g/mol. The van der Waals surface area contributed by atoms with Crippen molar-refractivity contribution >= 4 is 11.8 Å². The summed E-state index contributed by atoms with van der Waals surface area (Å²) < 4.78 is 10.6. The van der Waals surface area contributed by atoms with Crippen LogP contribution < -0.4 is 14.8 Å². The molecule has 0 saturated carbocycles. The van der Waals surface area contributed by atoms with Crippen LogP contribution in [-0.2, 0) is 4.79 Å². The number of piperidine rings is 1. The molecule has 6 heteroatoms. The van der Waals surface area contributed by atoms with E-state index in [4.69, 9.17) is 9.47 Å². The average molecular weight is 382 g/mol. The number of rotatable bonds is 6. The summed E-state index contributed by atoms with van der Waals surface area (Å²) in [6.07, 6.45) is 1.48. The Balaban J connectivity index is 1.41. The third-order valence-electron chi connectivity index (χ3n) is 4.88. The molecule has 0 aliphatic carbocycles. The third-order valence-corrected chi connectivity index (χ3v) is 4.88. The number of hydrogen-bond acceptors (Lipinski definition) is 4. The molecule has 1 aliphatic heterocycles. The highest BCUT2D eigenvalue weighted by molar-refractivity contribution is 5.94. The lowest BCUT2D eigenvalue weighted by Crippen LogP contribution is -2.47. The summed E-state index contributed by atoms with van der Waals surface area (Å²) in [6, 6.07) is 14.8. The minimum Gasteiger partial charge on any atom is -0.497 e. The van der Waals surface area contributed by atoms with E-state index in [-0.39, 0.29) is 24.5 Å². The van der Waals surface area contributed by atoms with E-state index < -0.39 is 0 Å². The fourth-order valence-corrected chi connectivity index (χ4v) is 3.20. The Bertz CT molecular complexity index is 794. The van der Waals surface area contributed by atoms with E-state index in [1.54, 1.807) is 31.4 Å². The summed E-state index contributed by atoms with van der Waals surface area (Å²) in [5, 5.41) is 2.99. The molecule has 2 amide bonds. The first-order chi connectivity index (χ1) is 13.5. The van der Waals surface area contributed by atoms with Gasteiger partial charge in [0.2, 0.25) is 0 Å². The Morgan fingerprint density at radius 2 is 1.61 bits per heavy atom. The number of methoxy groups -OCH3 is 1. The summed E-state index contributed by atoms with van der Waals surface area (Å²) in [7, 11) is 1.60. The van der Waals surface area contributed by atoms with Crippen molar-refractivity contribution in [1.82, 2.24) is 10.2 Å². The van der Waals surface area contributed by atoms with Gasteiger partial charge in [-0.25, -0.2) is 0 Å². The molecule has 0 atom stereocenters. The molecule has 1 aliphatic rings. The van der Waals surface area contributed by atoms with Gasteiger partial charge in [0.05, 0.1) is 7.11 Å². The lowest BCUT2D eigenvalue weighted by Gasteiger charge is -2.32. The van der Waals surface area contributed by atoms with Gasteiger partial charge in [-0.05, 0) is 56.2 Å². The molecule has 1 heterocycles. The summed E-state index contributed by atoms with van der Waals surface area (Å²) in [6.45, 7) is 3.24. The third kappa shape index (κ3) is 5.25. The Hall–Kier alpha value is -3.02. The molecule has 2 aromatic carbocycles. The van der Waals surface area contributed by atoms with Crippen LogP contribution in [-0.4, -0.2) is 49.6 Å². The molecule has 28 heavy (non-hydrogen) atoms. The smallest absolute Gasteiger partial charge is 0.258 e. The highest BCUT2D eigenvalue weighted by atomic mass is 16.5. The van der Waals surface area contributed by atoms with Gasteiger partial charge < -0.3 is 19.7 Å². The summed E-state index contributed by atoms with van der Waals surface area (Å²) in [4.78, 5) is 26.5. The number of hydrogen-bond donors (Lipinski definition) is 1. The summed E-state index contributed by atoms with van der Waals surface area (Å²) >= 11 is 0. The van der Waals surface area contributed by atoms with Crippen molar-refractivity contribution in [3.63, 3.8) is 0 Å². The van der Waals surface area contributed by atoms with Crippen molar-refractivity contribution in [3.05, 3.63) is 59.7 Å². The normalized spacial score (nSPS) is 14.4. The first-order valence-electron chi connectivity index (χ1n) is 9.47. The van der Waals surface area contributed by atoms with E-state index in [0.717, 1.165) is 24.2 Å². The number of likely N-dealkylation sites (tertiary alicyclic amines) is 1. The summed E-state index contributed by atoms with van der Waals surface area (Å²) in [5.41, 5.74) is 1.84. The van der Waals surface area contributed by atoms with E-state index in [9.17, 15) is 9.59 Å². The van der Waals surface area contributed by atoms with Crippen molar-refractivity contribution in [1.29, 1.82) is 0 Å². The molecule has 0 radical (unpaired) electrons. The molecule has 3 rings (SSSR count). The Kier molecular flexibility index (Phi) is 6.53. The van der Waals surface area contributed by atoms with Gasteiger partial charge in [0.25, 0.3) is 11.8 Å². The van der Waals surface area contributed by atoms with Crippen LogP contribution in [0.1, 0.15) is 28.8 Å². The Labute approximate surface area is 165 Å². The van der Waals surface area contributed by atoms with Gasteiger partial charge in [-0.2, -0.15) is 0 Å². The summed E-state index contributed by atoms with van der Waals surface area (Å²) in [5.74, 6) is 1.25. The number of ether oxygens (including phenoxy) is 2. The van der Waals surface area contributed by atoms with E-state index in [0.29, 0.717) is 24.4 Å². The van der Waals surface area contributed by atoms with Gasteiger partial charge in [-0.3, -0.25) is 9.59 Å². The van der Waals surface area contributed by atoms with Crippen LogP contribution in [0.25, 0.3) is 0 Å². The van der Waals surface area contributed by atoms with Crippen LogP contribution in [0.4, 0.5) is 0 Å². The SMILES string of the molecule is COc1ccc(OCC(=O)NC2CCN(C(=O)c3ccc(C)cc3)CC2)cc1. The van der Waals surface area contributed by atoms with Gasteiger partial charge in [0, 0.05) is 24.7 Å². The molecule has 2 aromatic rings. The number of nitrogens with zero attached hydrogens (tertiary/aromatic N) is 1. The van der Waals surface area contributed by atoms with Gasteiger partial charge in [-0.15, -0.1) is 0 Å². The second kappa shape index (κ2) is 9.26. The zero-order valence-corrected chi connectivity index (χ0v) is 16.3. The van der Waals surface area contributed by atoms with Crippen molar-refractivity contribution < 1.29 is 19.1 Å². The topological polar surface area (TPSA) is 67.9 Å². The van der Waals surface area contributed by atoms with E-state index in [1.165, 1.54) is 0 Å². The van der Waals surface area contributed by atoms with Crippen LogP contribution in [0.5, 0.6) is 11.5 Å². The van der Waals surface area contributed by atoms with Gasteiger partial charge >= 0.3 is 0 Å². The highest BCUT2D eigenvalue weighted by Gasteiger charge is 2.24. The molecule has 0 aromatic heterocycles. The molecule has 0 unspecified atom stereocenters. The second-order valence-corrected chi connectivity index (χ2v) is 6.96. The molecule has 6 nitrogen and oxygen atoms in total. The zero-order chi connectivity index (χ0) is 19.9. The molecule has 1 saturated heterocycles. The zero-order valence-electron chi connectivity index (χ0n) is 16.3. The highest BCUT2D eigenvalue weighted by Crippen LogP contribution is 2.17. The lowest BCUT2D eigenvalue weighted by atomic mass is 10.0. The minimum atomic E-state index is -0.154. The fourth-order valence-electron chi connectivity index (χ4n) is 3.20. The van der Waals surface area contributed by atoms with Gasteiger partial charge in [0.1, 0.15) is 11.5 Å². The monoisotopic (exact) mass is 382 g/mol. The molecular formula is C22H26N2O4. The van der Waals surface area contributed by atoms with Crippen molar-refractivity contribution in [2.45, 2.75) is 25.8 Å². The maximum atomic E-state index is 12.6. The molecule has 1 N–H and O–H groups in total. The van der Waals surface area contributed by atoms with Gasteiger partial charge in [-0.1, -0.05) is 17.7 Å². The number of carbonyl (C=O) groups is 2. The lowest BCUT2D eigenvalue weighted by molar-refractivity contribution is -0.124. The molecule has 0 bridgehead atoms. The molecule has 148 valence electrons. The maximum Gasteiger partial charge on any atom is 0.258 e. The number of aryl methyl sites for hydroxylation is 1. The van der Waals surface area contributed by atoms with Crippen LogP contribution in [0.15, 0.2) is 48.5 Å². The second-order valence-electron chi connectivity index (χ2n) is 6.96. The standard InChI is InChI=1S/C22H26N2O4/c1-16-3-5-17(6-4-16)22(26)24-13-11-18(12-14-24)23-21(25)15-28-20-9-7-19(27-2)8-10-20/h3-10,18H,11-15H2,1-2H3,(H,23,25).